The number of rotatable bonds is 4. The molecule has 0 fully saturated rings. The fraction of sp³-hybridized carbons (Fsp3) is 0.0500. The van der Waals surface area contributed by atoms with Gasteiger partial charge in [-0.2, -0.15) is 11.3 Å². The van der Waals surface area contributed by atoms with Crippen molar-refractivity contribution in [3.05, 3.63) is 77.0 Å². The summed E-state index contributed by atoms with van der Waals surface area (Å²) in [4.78, 5) is 3.56. The standard InChI is InChI=1S/C20H13FN4OS/c1-3-15(20-25-24-19(26-20)12-4-6-13(21)7-5-12)23-16-8-9-17(22-2)18-14(16)10-11-27-18/h3-11,23H,1H3/b15-3-. The molecule has 0 atom stereocenters. The lowest BCUT2D eigenvalue weighted by Crippen LogP contribution is -1.99. The first kappa shape index (κ1) is 16.9. The van der Waals surface area contributed by atoms with Gasteiger partial charge in [0.2, 0.25) is 11.6 Å². The lowest BCUT2D eigenvalue weighted by Gasteiger charge is -2.09. The Labute approximate surface area is 158 Å². The van der Waals surface area contributed by atoms with Gasteiger partial charge in [0.1, 0.15) is 5.82 Å². The van der Waals surface area contributed by atoms with Crippen LogP contribution in [0.3, 0.4) is 0 Å². The summed E-state index contributed by atoms with van der Waals surface area (Å²) >= 11 is 1.53. The molecular formula is C20H13FN4OS. The zero-order valence-corrected chi connectivity index (χ0v) is 15.0. The minimum Gasteiger partial charge on any atom is -0.415 e. The number of nitrogens with one attached hydrogen (secondary N) is 1. The number of benzene rings is 2. The van der Waals surface area contributed by atoms with Gasteiger partial charge in [-0.3, -0.25) is 0 Å². The Bertz CT molecular complexity index is 1180. The van der Waals surface area contributed by atoms with E-state index in [0.717, 1.165) is 15.8 Å². The molecule has 2 aromatic heterocycles. The van der Waals surface area contributed by atoms with Crippen molar-refractivity contribution in [1.82, 2.24) is 10.2 Å². The molecular weight excluding hydrogens is 363 g/mol. The summed E-state index contributed by atoms with van der Waals surface area (Å²) in [5, 5.41) is 14.4. The Balaban J connectivity index is 1.66. The van der Waals surface area contributed by atoms with Crippen LogP contribution in [-0.2, 0) is 0 Å². The number of thiophene rings is 1. The van der Waals surface area contributed by atoms with Crippen LogP contribution in [0, 0.1) is 12.4 Å². The largest absolute Gasteiger partial charge is 0.415 e. The number of halogens is 1. The smallest absolute Gasteiger partial charge is 0.264 e. The predicted molar refractivity (Wildman–Crippen MR) is 105 cm³/mol. The van der Waals surface area contributed by atoms with Gasteiger partial charge in [0.05, 0.1) is 12.3 Å². The first-order valence-electron chi connectivity index (χ1n) is 8.10. The summed E-state index contributed by atoms with van der Waals surface area (Å²) in [6.45, 7) is 9.15. The highest BCUT2D eigenvalue weighted by Crippen LogP contribution is 2.37. The molecule has 0 saturated heterocycles. The minimum absolute atomic E-state index is 0.315. The molecule has 2 heterocycles. The van der Waals surface area contributed by atoms with Gasteiger partial charge in [0.15, 0.2) is 0 Å². The third-order valence-corrected chi connectivity index (χ3v) is 4.96. The third-order valence-electron chi connectivity index (χ3n) is 4.02. The normalized spacial score (nSPS) is 11.5. The highest BCUT2D eigenvalue weighted by molar-refractivity contribution is 7.18. The molecule has 4 aromatic rings. The van der Waals surface area contributed by atoms with Crippen molar-refractivity contribution in [2.45, 2.75) is 6.92 Å². The third kappa shape index (κ3) is 3.18. The second-order valence-corrected chi connectivity index (χ2v) is 6.57. The SMILES string of the molecule is [C-]#[N+]c1ccc(N/C(=C\C)c2nnc(-c3ccc(F)cc3)o2)c2ccsc12. The van der Waals surface area contributed by atoms with E-state index in [1.165, 1.54) is 23.5 Å². The second kappa shape index (κ2) is 7.02. The molecule has 0 amide bonds. The van der Waals surface area contributed by atoms with E-state index >= 15 is 0 Å². The van der Waals surface area contributed by atoms with Crippen LogP contribution in [0.4, 0.5) is 15.8 Å². The van der Waals surface area contributed by atoms with Crippen LogP contribution in [0.1, 0.15) is 12.8 Å². The summed E-state index contributed by atoms with van der Waals surface area (Å²) in [7, 11) is 0. The van der Waals surface area contributed by atoms with E-state index in [0.29, 0.717) is 28.7 Å². The number of hydrogen-bond donors (Lipinski definition) is 1. The zero-order valence-electron chi connectivity index (χ0n) is 14.2. The maximum atomic E-state index is 13.1. The summed E-state index contributed by atoms with van der Waals surface area (Å²) in [6, 6.07) is 11.5. The van der Waals surface area contributed by atoms with Gasteiger partial charge < -0.3 is 9.73 Å². The topological polar surface area (TPSA) is 55.3 Å². The van der Waals surface area contributed by atoms with Crippen molar-refractivity contribution in [2.24, 2.45) is 0 Å². The molecule has 1 N–H and O–H groups in total. The van der Waals surface area contributed by atoms with Gasteiger partial charge in [-0.05, 0) is 48.7 Å². The van der Waals surface area contributed by atoms with Gasteiger partial charge in [0, 0.05) is 21.3 Å². The van der Waals surface area contributed by atoms with E-state index in [9.17, 15) is 4.39 Å². The van der Waals surface area contributed by atoms with Crippen LogP contribution in [0.2, 0.25) is 0 Å². The maximum Gasteiger partial charge on any atom is 0.264 e. The molecule has 0 bridgehead atoms. The maximum absolute atomic E-state index is 13.1. The number of hydrogen-bond acceptors (Lipinski definition) is 5. The van der Waals surface area contributed by atoms with Crippen molar-refractivity contribution in [1.29, 1.82) is 0 Å². The quantitative estimate of drug-likeness (QED) is 0.436. The molecule has 7 heteroatoms. The van der Waals surface area contributed by atoms with Crippen LogP contribution < -0.4 is 5.32 Å². The van der Waals surface area contributed by atoms with E-state index in [1.54, 1.807) is 18.2 Å². The van der Waals surface area contributed by atoms with Crippen LogP contribution >= 0.6 is 11.3 Å². The number of nitrogens with zero attached hydrogens (tertiary/aromatic N) is 3. The Morgan fingerprint density at radius 1 is 1.19 bits per heavy atom. The Morgan fingerprint density at radius 2 is 2.00 bits per heavy atom. The van der Waals surface area contributed by atoms with Crippen molar-refractivity contribution in [3.8, 4) is 11.5 Å². The molecule has 0 unspecified atom stereocenters. The van der Waals surface area contributed by atoms with E-state index in [2.05, 4.69) is 20.4 Å². The van der Waals surface area contributed by atoms with Crippen molar-refractivity contribution >= 4 is 38.5 Å². The average molecular weight is 376 g/mol. The Kier molecular flexibility index (Phi) is 4.40. The molecule has 0 aliphatic rings. The summed E-state index contributed by atoms with van der Waals surface area (Å²) in [6.07, 6.45) is 1.84. The van der Waals surface area contributed by atoms with Gasteiger partial charge in [-0.15, -0.1) is 10.2 Å². The number of anilines is 1. The summed E-state index contributed by atoms with van der Waals surface area (Å²) in [5.74, 6) is 0.321. The monoisotopic (exact) mass is 376 g/mol. The Morgan fingerprint density at radius 3 is 2.74 bits per heavy atom. The highest BCUT2D eigenvalue weighted by atomic mass is 32.1. The molecule has 2 aromatic carbocycles. The van der Waals surface area contributed by atoms with Crippen LogP contribution in [0.5, 0.6) is 0 Å². The fourth-order valence-corrected chi connectivity index (χ4v) is 3.56. The van der Waals surface area contributed by atoms with E-state index in [-0.39, 0.29) is 5.82 Å². The zero-order chi connectivity index (χ0) is 18.8. The molecule has 0 aliphatic carbocycles. The Hall–Kier alpha value is -3.50. The predicted octanol–water partition coefficient (Wildman–Crippen LogP) is 6.11. The molecule has 0 saturated carbocycles. The van der Waals surface area contributed by atoms with E-state index in [1.807, 2.05) is 30.5 Å². The van der Waals surface area contributed by atoms with Crippen molar-refractivity contribution in [3.63, 3.8) is 0 Å². The average Bonchev–Trinajstić information content (AvgIpc) is 3.36. The van der Waals surface area contributed by atoms with E-state index in [4.69, 9.17) is 11.0 Å². The second-order valence-electron chi connectivity index (χ2n) is 5.65. The summed E-state index contributed by atoms with van der Waals surface area (Å²) in [5.41, 5.74) is 2.78. The van der Waals surface area contributed by atoms with Gasteiger partial charge in [-0.25, -0.2) is 9.24 Å². The molecule has 0 aliphatic heterocycles. The van der Waals surface area contributed by atoms with Crippen molar-refractivity contribution < 1.29 is 8.81 Å². The first-order chi connectivity index (χ1) is 13.2. The lowest BCUT2D eigenvalue weighted by atomic mass is 10.2. The highest BCUT2D eigenvalue weighted by Gasteiger charge is 2.14. The van der Waals surface area contributed by atoms with Gasteiger partial charge in [0.25, 0.3) is 5.89 Å². The number of aromatic nitrogens is 2. The summed E-state index contributed by atoms with van der Waals surface area (Å²) < 4.78 is 19.8. The first-order valence-corrected chi connectivity index (χ1v) is 8.98. The van der Waals surface area contributed by atoms with Crippen molar-refractivity contribution in [2.75, 3.05) is 5.32 Å². The molecule has 27 heavy (non-hydrogen) atoms. The molecule has 0 spiro atoms. The van der Waals surface area contributed by atoms with E-state index < -0.39 is 0 Å². The lowest BCUT2D eigenvalue weighted by molar-refractivity contribution is 0.553. The molecule has 0 radical (unpaired) electrons. The number of allylic oxidation sites excluding steroid dienone is 1. The van der Waals surface area contributed by atoms with Gasteiger partial charge >= 0.3 is 0 Å². The minimum atomic E-state index is -0.322. The molecule has 5 nitrogen and oxygen atoms in total. The van der Waals surface area contributed by atoms with Crippen LogP contribution in [0.25, 0.3) is 32.1 Å². The fourth-order valence-electron chi connectivity index (χ4n) is 2.68. The van der Waals surface area contributed by atoms with Crippen LogP contribution in [-0.4, -0.2) is 10.2 Å². The molecule has 132 valence electrons. The molecule has 4 rings (SSSR count). The number of fused-ring (bicyclic) bond motifs is 1. The van der Waals surface area contributed by atoms with Crippen LogP contribution in [0.15, 0.2) is 58.3 Å². The van der Waals surface area contributed by atoms with Gasteiger partial charge in [-0.1, -0.05) is 12.1 Å².